The monoisotopic (exact) mass is 406 g/mol. The summed E-state index contributed by atoms with van der Waals surface area (Å²) in [4.78, 5) is 49.1. The lowest BCUT2D eigenvalue weighted by Crippen LogP contribution is -2.49. The number of hydrogen-bond donors (Lipinski definition) is 0. The van der Waals surface area contributed by atoms with Crippen LogP contribution in [0.3, 0.4) is 0 Å². The van der Waals surface area contributed by atoms with Crippen molar-refractivity contribution < 1.29 is 14.4 Å². The summed E-state index contributed by atoms with van der Waals surface area (Å²) in [6, 6.07) is 12.9. The van der Waals surface area contributed by atoms with Crippen molar-refractivity contribution >= 4 is 17.7 Å². The maximum Gasteiger partial charge on any atom is 0.241 e. The normalized spacial score (nSPS) is 22.6. The van der Waals surface area contributed by atoms with Gasteiger partial charge in [0.1, 0.15) is 0 Å². The molecule has 156 valence electrons. The summed E-state index contributed by atoms with van der Waals surface area (Å²) in [5.41, 5.74) is 0.356. The first-order valence-corrected chi connectivity index (χ1v) is 10.3. The van der Waals surface area contributed by atoms with Crippen LogP contribution in [-0.2, 0) is 26.3 Å². The Labute approximate surface area is 176 Å². The number of hydrogen-bond acceptors (Lipinski definition) is 5. The van der Waals surface area contributed by atoms with E-state index in [9.17, 15) is 14.4 Å². The number of amides is 3. The third-order valence-corrected chi connectivity index (χ3v) is 6.11. The second-order valence-corrected chi connectivity index (χ2v) is 8.13. The molecule has 0 spiro atoms. The SMILES string of the molecule is CN1CCN(C(=O)C[C@@]2(c3ccccc3)CC(=O)N(Cc3cccnc3)C2=O)CC1. The van der Waals surface area contributed by atoms with Gasteiger partial charge in [-0.3, -0.25) is 24.3 Å². The maximum atomic E-state index is 13.6. The van der Waals surface area contributed by atoms with Gasteiger partial charge in [-0.25, -0.2) is 0 Å². The molecule has 3 heterocycles. The zero-order valence-electron chi connectivity index (χ0n) is 17.2. The van der Waals surface area contributed by atoms with Crippen LogP contribution in [0, 0.1) is 0 Å². The summed E-state index contributed by atoms with van der Waals surface area (Å²) in [5.74, 6) is -0.625. The molecule has 1 aromatic heterocycles. The molecule has 4 rings (SSSR count). The van der Waals surface area contributed by atoms with Gasteiger partial charge in [-0.15, -0.1) is 0 Å². The van der Waals surface area contributed by atoms with E-state index in [4.69, 9.17) is 0 Å². The van der Waals surface area contributed by atoms with Crippen molar-refractivity contribution in [3.8, 4) is 0 Å². The van der Waals surface area contributed by atoms with Crippen LogP contribution < -0.4 is 0 Å². The standard InChI is InChI=1S/C23H26N4O3/c1-25-10-12-26(13-11-25)20(28)14-23(19-7-3-2-4-8-19)15-21(29)27(22(23)30)17-18-6-5-9-24-16-18/h2-9,16H,10-15,17H2,1H3/t23-/m0/s1. The highest BCUT2D eigenvalue weighted by atomic mass is 16.2. The Kier molecular flexibility index (Phi) is 5.63. The molecule has 0 unspecified atom stereocenters. The van der Waals surface area contributed by atoms with E-state index in [1.807, 2.05) is 48.3 Å². The number of piperazine rings is 1. The number of carbonyl (C=O) groups excluding carboxylic acids is 3. The minimum atomic E-state index is -1.15. The average Bonchev–Trinajstić information content (AvgIpc) is 3.00. The van der Waals surface area contributed by atoms with Crippen LogP contribution in [0.1, 0.15) is 24.0 Å². The predicted octanol–water partition coefficient (Wildman–Crippen LogP) is 1.44. The van der Waals surface area contributed by atoms with Gasteiger partial charge < -0.3 is 9.80 Å². The molecule has 2 fully saturated rings. The van der Waals surface area contributed by atoms with Crippen molar-refractivity contribution in [1.82, 2.24) is 19.7 Å². The van der Waals surface area contributed by atoms with Gasteiger partial charge in [-0.2, -0.15) is 0 Å². The Morgan fingerprint density at radius 1 is 1.03 bits per heavy atom. The van der Waals surface area contributed by atoms with E-state index in [-0.39, 0.29) is 37.1 Å². The van der Waals surface area contributed by atoms with Crippen molar-refractivity contribution in [2.24, 2.45) is 0 Å². The van der Waals surface area contributed by atoms with Crippen LogP contribution in [0.15, 0.2) is 54.9 Å². The van der Waals surface area contributed by atoms with Crippen LogP contribution in [0.5, 0.6) is 0 Å². The Hall–Kier alpha value is -3.06. The number of rotatable bonds is 5. The van der Waals surface area contributed by atoms with Crippen molar-refractivity contribution in [3.05, 3.63) is 66.0 Å². The van der Waals surface area contributed by atoms with Crippen molar-refractivity contribution in [2.45, 2.75) is 24.8 Å². The van der Waals surface area contributed by atoms with Gasteiger partial charge in [-0.1, -0.05) is 36.4 Å². The number of likely N-dealkylation sites (tertiary alicyclic amines) is 1. The van der Waals surface area contributed by atoms with Crippen molar-refractivity contribution in [3.63, 3.8) is 0 Å². The average molecular weight is 406 g/mol. The molecular formula is C23H26N4O3. The van der Waals surface area contributed by atoms with E-state index in [2.05, 4.69) is 9.88 Å². The van der Waals surface area contributed by atoms with Crippen molar-refractivity contribution in [1.29, 1.82) is 0 Å². The van der Waals surface area contributed by atoms with Gasteiger partial charge in [0.25, 0.3) is 0 Å². The molecule has 7 nitrogen and oxygen atoms in total. The highest BCUT2D eigenvalue weighted by Gasteiger charge is 2.54. The third-order valence-electron chi connectivity index (χ3n) is 6.11. The summed E-state index contributed by atoms with van der Waals surface area (Å²) in [5, 5.41) is 0. The topological polar surface area (TPSA) is 73.8 Å². The van der Waals surface area contributed by atoms with Crippen LogP contribution in [0.25, 0.3) is 0 Å². The van der Waals surface area contributed by atoms with Crippen LogP contribution in [-0.4, -0.2) is 70.6 Å². The maximum absolute atomic E-state index is 13.6. The zero-order chi connectivity index (χ0) is 21.1. The summed E-state index contributed by atoms with van der Waals surface area (Å²) in [7, 11) is 2.03. The molecule has 2 saturated heterocycles. The lowest BCUT2D eigenvalue weighted by atomic mass is 9.75. The molecular weight excluding hydrogens is 380 g/mol. The van der Waals surface area contributed by atoms with E-state index < -0.39 is 5.41 Å². The highest BCUT2D eigenvalue weighted by Crippen LogP contribution is 2.41. The quantitative estimate of drug-likeness (QED) is 0.703. The van der Waals surface area contributed by atoms with Gasteiger partial charge >= 0.3 is 0 Å². The second kappa shape index (κ2) is 8.36. The molecule has 7 heteroatoms. The molecule has 2 aromatic rings. The third kappa shape index (κ3) is 3.85. The van der Waals surface area contributed by atoms with Gasteiger partial charge in [-0.05, 0) is 24.2 Å². The number of aromatic nitrogens is 1. The van der Waals surface area contributed by atoms with E-state index in [0.29, 0.717) is 13.1 Å². The molecule has 0 saturated carbocycles. The Balaban J connectivity index is 1.62. The zero-order valence-corrected chi connectivity index (χ0v) is 17.2. The number of likely N-dealkylation sites (N-methyl/N-ethyl adjacent to an activating group) is 1. The minimum Gasteiger partial charge on any atom is -0.340 e. The van der Waals surface area contributed by atoms with E-state index in [0.717, 1.165) is 24.2 Å². The van der Waals surface area contributed by atoms with Gasteiger partial charge in [0, 0.05) is 51.4 Å². The van der Waals surface area contributed by atoms with Crippen LogP contribution in [0.2, 0.25) is 0 Å². The smallest absolute Gasteiger partial charge is 0.241 e. The molecule has 30 heavy (non-hydrogen) atoms. The molecule has 1 atom stereocenters. The fourth-order valence-corrected chi connectivity index (χ4v) is 4.28. The minimum absolute atomic E-state index is 0.00877. The summed E-state index contributed by atoms with van der Waals surface area (Å²) in [6.07, 6.45) is 3.32. The summed E-state index contributed by atoms with van der Waals surface area (Å²) in [6.45, 7) is 3.07. The second-order valence-electron chi connectivity index (χ2n) is 8.13. The first kappa shape index (κ1) is 20.2. The molecule has 0 N–H and O–H groups in total. The van der Waals surface area contributed by atoms with E-state index >= 15 is 0 Å². The van der Waals surface area contributed by atoms with Gasteiger partial charge in [0.2, 0.25) is 17.7 Å². The molecule has 0 aliphatic carbocycles. The molecule has 3 amide bonds. The fraction of sp³-hybridized carbons (Fsp3) is 0.391. The first-order chi connectivity index (χ1) is 14.5. The number of carbonyl (C=O) groups is 3. The Morgan fingerprint density at radius 2 is 1.77 bits per heavy atom. The number of pyridine rings is 1. The van der Waals surface area contributed by atoms with Crippen LogP contribution >= 0.6 is 0 Å². The molecule has 0 bridgehead atoms. The fourth-order valence-electron chi connectivity index (χ4n) is 4.28. The van der Waals surface area contributed by atoms with Crippen molar-refractivity contribution in [2.75, 3.05) is 33.2 Å². The summed E-state index contributed by atoms with van der Waals surface area (Å²) >= 11 is 0. The van der Waals surface area contributed by atoms with Gasteiger partial charge in [0.15, 0.2) is 0 Å². The Bertz CT molecular complexity index is 926. The lowest BCUT2D eigenvalue weighted by molar-refractivity contribution is -0.143. The first-order valence-electron chi connectivity index (χ1n) is 10.3. The Morgan fingerprint density at radius 3 is 2.43 bits per heavy atom. The van der Waals surface area contributed by atoms with E-state index in [1.165, 1.54) is 4.90 Å². The molecule has 2 aliphatic heterocycles. The van der Waals surface area contributed by atoms with Gasteiger partial charge in [0.05, 0.1) is 12.0 Å². The number of benzene rings is 1. The highest BCUT2D eigenvalue weighted by molar-refractivity contribution is 6.10. The largest absolute Gasteiger partial charge is 0.340 e. The number of nitrogens with zero attached hydrogens (tertiary/aromatic N) is 4. The number of imide groups is 1. The molecule has 0 radical (unpaired) electrons. The molecule has 1 aromatic carbocycles. The lowest BCUT2D eigenvalue weighted by Gasteiger charge is -2.35. The van der Waals surface area contributed by atoms with Crippen LogP contribution in [0.4, 0.5) is 0 Å². The van der Waals surface area contributed by atoms with E-state index in [1.54, 1.807) is 18.5 Å². The molecule has 2 aliphatic rings. The summed E-state index contributed by atoms with van der Waals surface area (Å²) < 4.78 is 0. The predicted molar refractivity (Wildman–Crippen MR) is 111 cm³/mol.